The van der Waals surface area contributed by atoms with Crippen LogP contribution in [-0.2, 0) is 0 Å². The van der Waals surface area contributed by atoms with Gasteiger partial charge in [-0.05, 0) is 17.7 Å². The molecule has 0 spiro atoms. The largest absolute Gasteiger partial charge is 0.354 e. The average molecular weight is 339 g/mol. The van der Waals surface area contributed by atoms with E-state index in [1.54, 1.807) is 0 Å². The summed E-state index contributed by atoms with van der Waals surface area (Å²) in [5.41, 5.74) is 6.21. The van der Waals surface area contributed by atoms with Gasteiger partial charge in [-0.15, -0.1) is 0 Å². The number of fused-ring (bicyclic) bond motifs is 2. The number of hydrogen-bond acceptors (Lipinski definition) is 1. The molecule has 0 saturated heterocycles. The van der Waals surface area contributed by atoms with Crippen molar-refractivity contribution in [1.29, 1.82) is 0 Å². The average Bonchev–Trinajstić information content (AvgIpc) is 3.07. The molecule has 2 amide bonds. The van der Waals surface area contributed by atoms with Gasteiger partial charge in [-0.1, -0.05) is 66.7 Å². The third kappa shape index (κ3) is 2.27. The molecule has 0 radical (unpaired) electrons. The lowest BCUT2D eigenvalue weighted by atomic mass is 9.91. The molecule has 1 atom stereocenters. The molecule has 1 aliphatic rings. The Morgan fingerprint density at radius 3 is 2.38 bits per heavy atom. The van der Waals surface area contributed by atoms with Crippen LogP contribution in [-0.4, -0.2) is 11.0 Å². The number of aromatic amines is 1. The van der Waals surface area contributed by atoms with Crippen LogP contribution in [0, 0.1) is 0 Å². The maximum absolute atomic E-state index is 12.3. The number of hydrogen-bond donors (Lipinski definition) is 3. The zero-order chi connectivity index (χ0) is 17.5. The number of carbonyl (C=O) groups is 1. The molecule has 1 unspecified atom stereocenters. The second-order valence-corrected chi connectivity index (χ2v) is 6.44. The molecule has 26 heavy (non-hydrogen) atoms. The van der Waals surface area contributed by atoms with Gasteiger partial charge in [0.15, 0.2) is 0 Å². The number of amides is 2. The van der Waals surface area contributed by atoms with Crippen molar-refractivity contribution in [3.8, 4) is 11.3 Å². The molecule has 1 aromatic heterocycles. The third-order valence-corrected chi connectivity index (χ3v) is 4.89. The van der Waals surface area contributed by atoms with Gasteiger partial charge in [-0.25, -0.2) is 4.79 Å². The fourth-order valence-corrected chi connectivity index (χ4v) is 3.75. The highest BCUT2D eigenvalue weighted by atomic mass is 16.2. The predicted molar refractivity (Wildman–Crippen MR) is 104 cm³/mol. The number of H-pyrrole nitrogens is 1. The molecule has 0 aliphatic carbocycles. The van der Waals surface area contributed by atoms with Gasteiger partial charge in [0.1, 0.15) is 0 Å². The molecule has 1 aliphatic heterocycles. The maximum Gasteiger partial charge on any atom is 0.320 e. The Balaban J connectivity index is 1.81. The zero-order valence-corrected chi connectivity index (χ0v) is 14.0. The van der Waals surface area contributed by atoms with Gasteiger partial charge in [-0.3, -0.25) is 0 Å². The molecule has 126 valence electrons. The van der Waals surface area contributed by atoms with Crippen molar-refractivity contribution in [3.05, 3.63) is 90.0 Å². The second kappa shape index (κ2) is 5.77. The lowest BCUT2D eigenvalue weighted by Crippen LogP contribution is -2.38. The van der Waals surface area contributed by atoms with E-state index >= 15 is 0 Å². The molecule has 4 aromatic rings. The fraction of sp³-hybridized carbons (Fsp3) is 0.0455. The first-order valence-corrected chi connectivity index (χ1v) is 8.64. The van der Waals surface area contributed by atoms with E-state index in [0.29, 0.717) is 0 Å². The summed E-state index contributed by atoms with van der Waals surface area (Å²) >= 11 is 0. The predicted octanol–water partition coefficient (Wildman–Crippen LogP) is 5.06. The van der Waals surface area contributed by atoms with E-state index in [4.69, 9.17) is 0 Å². The highest BCUT2D eigenvalue weighted by molar-refractivity contribution is 5.97. The van der Waals surface area contributed by atoms with E-state index in [0.717, 1.165) is 39.0 Å². The molecule has 0 fully saturated rings. The number of para-hydroxylation sites is 2. The Labute approximate surface area is 150 Å². The van der Waals surface area contributed by atoms with Gasteiger partial charge < -0.3 is 15.6 Å². The minimum absolute atomic E-state index is 0.182. The molecule has 3 N–H and O–H groups in total. The normalized spacial score (nSPS) is 16.0. The summed E-state index contributed by atoms with van der Waals surface area (Å²) in [4.78, 5) is 15.8. The van der Waals surface area contributed by atoms with Crippen LogP contribution >= 0.6 is 0 Å². The van der Waals surface area contributed by atoms with Gasteiger partial charge in [0.2, 0.25) is 0 Å². The van der Waals surface area contributed by atoms with Crippen LogP contribution in [0.3, 0.4) is 0 Å². The molecule has 3 aromatic carbocycles. The number of rotatable bonds is 2. The lowest BCUT2D eigenvalue weighted by Gasteiger charge is -2.28. The first-order valence-electron chi connectivity index (χ1n) is 8.64. The van der Waals surface area contributed by atoms with Crippen molar-refractivity contribution >= 4 is 22.6 Å². The zero-order valence-electron chi connectivity index (χ0n) is 14.0. The van der Waals surface area contributed by atoms with Crippen molar-refractivity contribution in [2.24, 2.45) is 0 Å². The van der Waals surface area contributed by atoms with Crippen LogP contribution in [0.25, 0.3) is 22.2 Å². The van der Waals surface area contributed by atoms with Gasteiger partial charge >= 0.3 is 6.03 Å². The van der Waals surface area contributed by atoms with Crippen LogP contribution in [0.15, 0.2) is 78.9 Å². The number of urea groups is 1. The minimum Gasteiger partial charge on any atom is -0.354 e. The smallest absolute Gasteiger partial charge is 0.320 e. The molecule has 0 saturated carbocycles. The van der Waals surface area contributed by atoms with Crippen LogP contribution in [0.1, 0.15) is 17.2 Å². The molecule has 5 rings (SSSR count). The first-order chi connectivity index (χ1) is 12.8. The Morgan fingerprint density at radius 2 is 1.50 bits per heavy atom. The Hall–Kier alpha value is -3.53. The number of aromatic nitrogens is 1. The summed E-state index contributed by atoms with van der Waals surface area (Å²) in [5, 5.41) is 7.12. The van der Waals surface area contributed by atoms with Crippen molar-refractivity contribution in [2.45, 2.75) is 6.04 Å². The quantitative estimate of drug-likeness (QED) is 0.470. The molecular weight excluding hydrogens is 322 g/mol. The monoisotopic (exact) mass is 339 g/mol. The number of anilines is 1. The SMILES string of the molecule is O=C1Nc2ccccc2C(c2c(-c3ccccc3)[nH]c3ccccc23)N1. The summed E-state index contributed by atoms with van der Waals surface area (Å²) in [5.74, 6) is 0. The van der Waals surface area contributed by atoms with Crippen molar-refractivity contribution in [3.63, 3.8) is 0 Å². The van der Waals surface area contributed by atoms with E-state index in [9.17, 15) is 4.79 Å². The summed E-state index contributed by atoms with van der Waals surface area (Å²) < 4.78 is 0. The van der Waals surface area contributed by atoms with Crippen molar-refractivity contribution in [2.75, 3.05) is 5.32 Å². The summed E-state index contributed by atoms with van der Waals surface area (Å²) in [6.07, 6.45) is 0. The fourth-order valence-electron chi connectivity index (χ4n) is 3.75. The van der Waals surface area contributed by atoms with E-state index in [1.807, 2.05) is 48.5 Å². The van der Waals surface area contributed by atoms with Gasteiger partial charge in [0.05, 0.1) is 11.7 Å². The van der Waals surface area contributed by atoms with Crippen molar-refractivity contribution in [1.82, 2.24) is 10.3 Å². The van der Waals surface area contributed by atoms with Crippen LogP contribution in [0.5, 0.6) is 0 Å². The van der Waals surface area contributed by atoms with E-state index in [2.05, 4.69) is 45.9 Å². The summed E-state index contributed by atoms with van der Waals surface area (Å²) in [6, 6.07) is 26.0. The summed E-state index contributed by atoms with van der Waals surface area (Å²) in [6.45, 7) is 0. The van der Waals surface area contributed by atoms with Crippen LogP contribution in [0.4, 0.5) is 10.5 Å². The Kier molecular flexibility index (Phi) is 3.28. The molecule has 2 heterocycles. The van der Waals surface area contributed by atoms with E-state index < -0.39 is 0 Å². The molecule has 4 nitrogen and oxygen atoms in total. The standard InChI is InChI=1S/C22H17N3O/c26-22-24-18-13-7-5-11-16(18)21(25-22)19-15-10-4-6-12-17(15)23-20(19)14-8-2-1-3-9-14/h1-13,21,23H,(H2,24,25,26). The van der Waals surface area contributed by atoms with Gasteiger partial charge in [0, 0.05) is 27.7 Å². The Bertz CT molecular complexity index is 1110. The summed E-state index contributed by atoms with van der Waals surface area (Å²) in [7, 11) is 0. The topological polar surface area (TPSA) is 56.9 Å². The van der Waals surface area contributed by atoms with E-state index in [-0.39, 0.29) is 12.1 Å². The Morgan fingerprint density at radius 1 is 0.769 bits per heavy atom. The van der Waals surface area contributed by atoms with Gasteiger partial charge in [0.25, 0.3) is 0 Å². The van der Waals surface area contributed by atoms with Gasteiger partial charge in [-0.2, -0.15) is 0 Å². The van der Waals surface area contributed by atoms with Crippen LogP contribution < -0.4 is 10.6 Å². The highest BCUT2D eigenvalue weighted by Gasteiger charge is 2.29. The van der Waals surface area contributed by atoms with Crippen LogP contribution in [0.2, 0.25) is 0 Å². The number of nitrogens with one attached hydrogen (secondary N) is 3. The van der Waals surface area contributed by atoms with Crippen molar-refractivity contribution < 1.29 is 4.79 Å². The molecule has 4 heteroatoms. The number of benzene rings is 3. The molecule has 0 bridgehead atoms. The first kappa shape index (κ1) is 14.8. The molecular formula is C22H17N3O. The highest BCUT2D eigenvalue weighted by Crippen LogP contribution is 2.40. The lowest BCUT2D eigenvalue weighted by molar-refractivity contribution is 0.249. The second-order valence-electron chi connectivity index (χ2n) is 6.44. The third-order valence-electron chi connectivity index (χ3n) is 4.89. The maximum atomic E-state index is 12.3. The number of carbonyl (C=O) groups excluding carboxylic acids is 1. The minimum atomic E-state index is -0.216. The van der Waals surface area contributed by atoms with E-state index in [1.165, 1.54) is 0 Å².